The molecule has 0 bridgehead atoms. The van der Waals surface area contributed by atoms with Crippen molar-refractivity contribution in [1.29, 1.82) is 0 Å². The van der Waals surface area contributed by atoms with Gasteiger partial charge in [-0.3, -0.25) is 0 Å². The molecule has 2 aromatic heterocycles. The standard InChI is InChI=1S/C19H18F3N4O2S.H2O/c1-10-7-14(18(28)17(10)27)24-15-5-6-23-16-9-13(25-26(15)16)11-3-2-4-12(8-11)29-19(20,21)22;/h2-6,8-10,14,17-18,24,27-28H,1,7H2;1H2/t10-,14-,17-,18+;/m1./s1. The van der Waals surface area contributed by atoms with Crippen molar-refractivity contribution in [2.45, 2.75) is 35.1 Å². The fourth-order valence-electron chi connectivity index (χ4n) is 3.45. The zero-order valence-corrected chi connectivity index (χ0v) is 16.4. The van der Waals surface area contributed by atoms with Crippen LogP contribution in [0.25, 0.3) is 16.9 Å². The van der Waals surface area contributed by atoms with Gasteiger partial charge >= 0.3 is 5.51 Å². The van der Waals surface area contributed by atoms with E-state index >= 15 is 0 Å². The van der Waals surface area contributed by atoms with Gasteiger partial charge in [0, 0.05) is 22.7 Å². The van der Waals surface area contributed by atoms with E-state index in [1.54, 1.807) is 30.5 Å². The Bertz CT molecular complexity index is 1030. The van der Waals surface area contributed by atoms with Crippen molar-refractivity contribution in [2.24, 2.45) is 5.92 Å². The van der Waals surface area contributed by atoms with E-state index in [0.717, 1.165) is 0 Å². The Morgan fingerprint density at radius 1 is 1.17 bits per heavy atom. The van der Waals surface area contributed by atoms with Crippen LogP contribution in [0, 0.1) is 12.8 Å². The average Bonchev–Trinajstić information content (AvgIpc) is 3.19. The van der Waals surface area contributed by atoms with Crippen molar-refractivity contribution in [3.8, 4) is 11.3 Å². The predicted octanol–water partition coefficient (Wildman–Crippen LogP) is 2.54. The number of nitrogens with one attached hydrogen (secondary N) is 1. The van der Waals surface area contributed by atoms with E-state index in [1.807, 2.05) is 0 Å². The number of aliphatic hydroxyl groups is 2. The van der Waals surface area contributed by atoms with Gasteiger partial charge in [0.1, 0.15) is 11.9 Å². The number of alkyl halides is 3. The van der Waals surface area contributed by atoms with Crippen LogP contribution in [0.1, 0.15) is 6.42 Å². The molecule has 3 aromatic rings. The number of rotatable bonds is 4. The Balaban J connectivity index is 0.00000256. The van der Waals surface area contributed by atoms with Gasteiger partial charge in [-0.15, -0.1) is 0 Å². The second-order valence-electron chi connectivity index (χ2n) is 6.93. The minimum absolute atomic E-state index is 0. The quantitative estimate of drug-likeness (QED) is 0.536. The number of halogens is 3. The van der Waals surface area contributed by atoms with E-state index in [0.29, 0.717) is 29.1 Å². The Labute approximate surface area is 174 Å². The molecule has 2 heterocycles. The summed E-state index contributed by atoms with van der Waals surface area (Å²) in [5.41, 5.74) is -2.86. The summed E-state index contributed by atoms with van der Waals surface area (Å²) in [6.45, 7) is 3.83. The molecule has 7 nitrogen and oxygen atoms in total. The molecule has 0 amide bonds. The summed E-state index contributed by atoms with van der Waals surface area (Å²) in [7, 11) is 0. The summed E-state index contributed by atoms with van der Waals surface area (Å²) in [5, 5.41) is 27.7. The lowest BCUT2D eigenvalue weighted by atomic mass is 10.1. The third-order valence-electron chi connectivity index (χ3n) is 4.86. The normalized spacial score (nSPS) is 24.1. The third-order valence-corrected chi connectivity index (χ3v) is 5.58. The van der Waals surface area contributed by atoms with Gasteiger partial charge in [0.2, 0.25) is 0 Å². The minimum Gasteiger partial charge on any atom is -0.412 e. The van der Waals surface area contributed by atoms with E-state index < -0.39 is 23.8 Å². The molecule has 4 rings (SSSR count). The molecule has 1 aliphatic carbocycles. The fourth-order valence-corrected chi connectivity index (χ4v) is 4.05. The minimum atomic E-state index is -4.37. The van der Waals surface area contributed by atoms with E-state index in [2.05, 4.69) is 22.3 Å². The molecule has 0 saturated heterocycles. The largest absolute Gasteiger partial charge is 0.446 e. The molecule has 0 aliphatic heterocycles. The van der Waals surface area contributed by atoms with E-state index in [-0.39, 0.29) is 28.1 Å². The molecular weight excluding hydrogens is 421 g/mol. The number of thioether (sulfide) groups is 1. The second kappa shape index (κ2) is 8.42. The number of nitrogens with zero attached hydrogens (tertiary/aromatic N) is 3. The van der Waals surface area contributed by atoms with Crippen LogP contribution in [0.4, 0.5) is 19.0 Å². The number of aliphatic hydroxyl groups excluding tert-OH is 2. The van der Waals surface area contributed by atoms with Crippen molar-refractivity contribution in [3.63, 3.8) is 0 Å². The molecule has 161 valence electrons. The van der Waals surface area contributed by atoms with E-state index in [1.165, 1.54) is 16.6 Å². The van der Waals surface area contributed by atoms with Crippen LogP contribution < -0.4 is 5.32 Å². The SMILES string of the molecule is O.[CH2][C@@H]1C[C@@H](Nc2ccnc3cc(-c4cccc(SC(F)(F)F)c4)nn23)[C@H](O)[C@@H]1O. The number of fused-ring (bicyclic) bond motifs is 1. The molecule has 1 saturated carbocycles. The second-order valence-corrected chi connectivity index (χ2v) is 8.07. The highest BCUT2D eigenvalue weighted by molar-refractivity contribution is 8.00. The molecule has 1 aromatic carbocycles. The fraction of sp³-hybridized carbons (Fsp3) is 0.316. The average molecular weight is 441 g/mol. The van der Waals surface area contributed by atoms with Gasteiger partial charge in [-0.2, -0.15) is 22.8 Å². The molecule has 0 spiro atoms. The van der Waals surface area contributed by atoms with Gasteiger partial charge in [-0.1, -0.05) is 12.1 Å². The summed E-state index contributed by atoms with van der Waals surface area (Å²) in [6, 6.07) is 8.99. The van der Waals surface area contributed by atoms with Crippen LogP contribution >= 0.6 is 11.8 Å². The van der Waals surface area contributed by atoms with Crippen LogP contribution in [0.15, 0.2) is 47.5 Å². The van der Waals surface area contributed by atoms with E-state index in [4.69, 9.17) is 0 Å². The zero-order valence-electron chi connectivity index (χ0n) is 15.5. The van der Waals surface area contributed by atoms with Crippen LogP contribution in [-0.4, -0.2) is 54.0 Å². The van der Waals surface area contributed by atoms with Crippen molar-refractivity contribution in [2.75, 3.05) is 5.32 Å². The van der Waals surface area contributed by atoms with Crippen LogP contribution in [0.5, 0.6) is 0 Å². The van der Waals surface area contributed by atoms with Crippen molar-refractivity contribution < 1.29 is 28.9 Å². The zero-order chi connectivity index (χ0) is 20.8. The van der Waals surface area contributed by atoms with Gasteiger partial charge in [0.25, 0.3) is 0 Å². The van der Waals surface area contributed by atoms with Gasteiger partial charge in [0.15, 0.2) is 5.65 Å². The molecule has 0 unspecified atom stereocenters. The van der Waals surface area contributed by atoms with Gasteiger partial charge in [-0.25, -0.2) is 4.98 Å². The third kappa shape index (κ3) is 4.53. The summed E-state index contributed by atoms with van der Waals surface area (Å²) >= 11 is -0.178. The number of aromatic nitrogens is 3. The lowest BCUT2D eigenvalue weighted by molar-refractivity contribution is -0.0328. The van der Waals surface area contributed by atoms with Crippen molar-refractivity contribution in [1.82, 2.24) is 14.6 Å². The van der Waals surface area contributed by atoms with Crippen LogP contribution in [-0.2, 0) is 0 Å². The summed E-state index contributed by atoms with van der Waals surface area (Å²) in [4.78, 5) is 4.32. The molecular formula is C19H20F3N4O3S. The first kappa shape index (κ1) is 22.3. The summed E-state index contributed by atoms with van der Waals surface area (Å²) < 4.78 is 39.5. The smallest absolute Gasteiger partial charge is 0.412 e. The molecule has 4 atom stereocenters. The maximum absolute atomic E-state index is 12.7. The van der Waals surface area contributed by atoms with Gasteiger partial charge in [-0.05, 0) is 49.2 Å². The molecule has 1 aliphatic rings. The maximum Gasteiger partial charge on any atom is 0.446 e. The highest BCUT2D eigenvalue weighted by Gasteiger charge is 2.39. The first-order valence-corrected chi connectivity index (χ1v) is 9.69. The van der Waals surface area contributed by atoms with Gasteiger partial charge < -0.3 is 21.0 Å². The predicted molar refractivity (Wildman–Crippen MR) is 107 cm³/mol. The molecule has 11 heteroatoms. The molecule has 1 fully saturated rings. The Morgan fingerprint density at radius 3 is 2.60 bits per heavy atom. The highest BCUT2D eigenvalue weighted by atomic mass is 32.2. The lowest BCUT2D eigenvalue weighted by Gasteiger charge is -2.19. The molecule has 1 radical (unpaired) electrons. The van der Waals surface area contributed by atoms with Crippen molar-refractivity contribution >= 4 is 23.2 Å². The highest BCUT2D eigenvalue weighted by Crippen LogP contribution is 2.38. The lowest BCUT2D eigenvalue weighted by Crippen LogP contribution is -2.35. The van der Waals surface area contributed by atoms with E-state index in [9.17, 15) is 23.4 Å². The van der Waals surface area contributed by atoms with Crippen molar-refractivity contribution in [3.05, 3.63) is 49.5 Å². The molecule has 30 heavy (non-hydrogen) atoms. The van der Waals surface area contributed by atoms with Crippen LogP contribution in [0.3, 0.4) is 0 Å². The molecule has 5 N–H and O–H groups in total. The monoisotopic (exact) mass is 441 g/mol. The maximum atomic E-state index is 12.7. The Morgan fingerprint density at radius 2 is 1.93 bits per heavy atom. The first-order chi connectivity index (χ1) is 13.7. The number of hydrogen-bond acceptors (Lipinski definition) is 6. The van der Waals surface area contributed by atoms with Crippen LogP contribution in [0.2, 0.25) is 0 Å². The first-order valence-electron chi connectivity index (χ1n) is 8.88. The summed E-state index contributed by atoms with van der Waals surface area (Å²) in [5.74, 6) is 0.259. The number of benzene rings is 1. The Hall–Kier alpha value is -2.34. The van der Waals surface area contributed by atoms with Gasteiger partial charge in [0.05, 0.1) is 17.8 Å². The topological polar surface area (TPSA) is 114 Å². The summed E-state index contributed by atoms with van der Waals surface area (Å²) in [6.07, 6.45) is 0.175. The number of hydrogen-bond donors (Lipinski definition) is 3. The Kier molecular flexibility index (Phi) is 6.27. The number of anilines is 1.